The molecule has 5 rings (SSSR count). The molecule has 4 aromatic rings. The Labute approximate surface area is 163 Å². The van der Waals surface area contributed by atoms with Crippen molar-refractivity contribution in [3.63, 3.8) is 0 Å². The van der Waals surface area contributed by atoms with Crippen LogP contribution in [0.2, 0.25) is 0 Å². The minimum absolute atomic E-state index is 0.0929. The van der Waals surface area contributed by atoms with Crippen LogP contribution in [0.4, 0.5) is 9.18 Å². The number of benzene rings is 1. The molecule has 0 bridgehead atoms. The Balaban J connectivity index is 1.48. The first-order valence-electron chi connectivity index (χ1n) is 9.11. The third kappa shape index (κ3) is 3.07. The number of aromatic nitrogens is 5. The minimum atomic E-state index is -0.617. The molecule has 3 aromatic heterocycles. The van der Waals surface area contributed by atoms with Crippen LogP contribution >= 0.6 is 0 Å². The summed E-state index contributed by atoms with van der Waals surface area (Å²) < 4.78 is 20.5. The van der Waals surface area contributed by atoms with Gasteiger partial charge in [0.1, 0.15) is 17.2 Å². The van der Waals surface area contributed by atoms with E-state index in [0.29, 0.717) is 40.9 Å². The highest BCUT2D eigenvalue weighted by atomic mass is 19.1. The zero-order valence-corrected chi connectivity index (χ0v) is 15.4. The summed E-state index contributed by atoms with van der Waals surface area (Å²) in [6.07, 6.45) is 3.11. The topological polar surface area (TPSA) is 118 Å². The Bertz CT molecular complexity index is 1240. The molecule has 1 aromatic carbocycles. The van der Waals surface area contributed by atoms with E-state index in [4.69, 9.17) is 4.74 Å². The Hall–Kier alpha value is -3.53. The van der Waals surface area contributed by atoms with E-state index in [0.717, 1.165) is 5.39 Å². The van der Waals surface area contributed by atoms with Gasteiger partial charge in [-0.1, -0.05) is 0 Å². The van der Waals surface area contributed by atoms with Gasteiger partial charge in [-0.15, -0.1) is 0 Å². The fourth-order valence-electron chi connectivity index (χ4n) is 3.48. The molecular weight excluding hydrogens is 379 g/mol. The molecule has 0 radical (unpaired) electrons. The van der Waals surface area contributed by atoms with Gasteiger partial charge in [-0.3, -0.25) is 4.68 Å². The van der Waals surface area contributed by atoms with Gasteiger partial charge in [0.15, 0.2) is 16.9 Å². The molecule has 9 nitrogen and oxygen atoms in total. The molecule has 29 heavy (non-hydrogen) atoms. The van der Waals surface area contributed by atoms with Gasteiger partial charge < -0.3 is 20.1 Å². The summed E-state index contributed by atoms with van der Waals surface area (Å²) >= 11 is 0. The highest BCUT2D eigenvalue weighted by Crippen LogP contribution is 2.30. The van der Waals surface area contributed by atoms with Crippen LogP contribution in [0.25, 0.3) is 33.5 Å². The predicted octanol–water partition coefficient (Wildman–Crippen LogP) is 2.26. The van der Waals surface area contributed by atoms with E-state index in [1.165, 1.54) is 18.3 Å². The molecule has 1 aliphatic carbocycles. The molecule has 10 heteroatoms. The van der Waals surface area contributed by atoms with E-state index in [2.05, 4.69) is 25.4 Å². The first kappa shape index (κ1) is 17.6. The number of carbonyl (C=O) groups is 1. The Morgan fingerprint density at radius 2 is 2.24 bits per heavy atom. The number of hydrogen-bond donors (Lipinski definition) is 3. The van der Waals surface area contributed by atoms with Gasteiger partial charge in [0.25, 0.3) is 0 Å². The number of fused-ring (bicyclic) bond motifs is 2. The van der Waals surface area contributed by atoms with Crippen LogP contribution < -0.4 is 10.1 Å². The van der Waals surface area contributed by atoms with Crippen LogP contribution in [0.15, 0.2) is 30.6 Å². The zero-order valence-electron chi connectivity index (χ0n) is 15.4. The summed E-state index contributed by atoms with van der Waals surface area (Å²) in [6, 6.07) is 4.33. The van der Waals surface area contributed by atoms with Gasteiger partial charge in [-0.25, -0.2) is 19.2 Å². The monoisotopic (exact) mass is 396 g/mol. The Morgan fingerprint density at radius 3 is 3.03 bits per heavy atom. The summed E-state index contributed by atoms with van der Waals surface area (Å²) in [6.45, 7) is 0. The summed E-state index contributed by atoms with van der Waals surface area (Å²) in [5.74, 6) is -0.113. The minimum Gasteiger partial charge on any atom is -0.406 e. The van der Waals surface area contributed by atoms with Gasteiger partial charge in [-0.05, 0) is 31.0 Å². The number of nitrogens with zero attached hydrogens (tertiary/aromatic N) is 4. The maximum atomic E-state index is 13.6. The molecule has 1 saturated carbocycles. The molecule has 0 atom stereocenters. The van der Waals surface area contributed by atoms with E-state index in [1.807, 2.05) is 0 Å². The van der Waals surface area contributed by atoms with Crippen molar-refractivity contribution in [3.8, 4) is 17.1 Å². The number of nitrogens with one attached hydrogen (secondary N) is 2. The summed E-state index contributed by atoms with van der Waals surface area (Å²) in [7, 11) is 1.73. The fraction of sp³-hybridized carbons (Fsp3) is 0.263. The number of halogens is 1. The highest BCUT2D eigenvalue weighted by Gasteiger charge is 2.29. The first-order valence-corrected chi connectivity index (χ1v) is 9.11. The van der Waals surface area contributed by atoms with Crippen molar-refractivity contribution in [1.82, 2.24) is 30.0 Å². The molecule has 148 valence electrons. The SMILES string of the molecule is Cn1nc(-c2cnc3[nH]cc(OC(=O)N[C@H]4C[C@H](O)C4)c3n2)c2ccc(F)cc21. The number of H-pyrrole nitrogens is 1. The lowest BCUT2D eigenvalue weighted by Gasteiger charge is -2.31. The van der Waals surface area contributed by atoms with Gasteiger partial charge >= 0.3 is 6.09 Å². The lowest BCUT2D eigenvalue weighted by atomic mass is 9.90. The lowest BCUT2D eigenvalue weighted by molar-refractivity contribution is 0.0631. The molecule has 0 unspecified atom stereocenters. The lowest BCUT2D eigenvalue weighted by Crippen LogP contribution is -2.47. The van der Waals surface area contributed by atoms with Crippen molar-refractivity contribution in [3.05, 3.63) is 36.4 Å². The molecular formula is C19H17FN6O3. The maximum Gasteiger partial charge on any atom is 0.412 e. The van der Waals surface area contributed by atoms with Crippen LogP contribution in [0, 0.1) is 5.82 Å². The van der Waals surface area contributed by atoms with Crippen LogP contribution in [0.5, 0.6) is 5.75 Å². The smallest absolute Gasteiger partial charge is 0.406 e. The highest BCUT2D eigenvalue weighted by molar-refractivity contribution is 5.93. The number of rotatable bonds is 3. The Kier molecular flexibility index (Phi) is 3.95. The van der Waals surface area contributed by atoms with Crippen molar-refractivity contribution in [2.75, 3.05) is 0 Å². The predicted molar refractivity (Wildman–Crippen MR) is 102 cm³/mol. The van der Waals surface area contributed by atoms with Crippen molar-refractivity contribution < 1.29 is 19.0 Å². The van der Waals surface area contributed by atoms with Crippen molar-refractivity contribution in [2.24, 2.45) is 7.05 Å². The van der Waals surface area contributed by atoms with E-state index in [9.17, 15) is 14.3 Å². The molecule has 3 N–H and O–H groups in total. The molecule has 1 aliphatic rings. The van der Waals surface area contributed by atoms with Crippen LogP contribution in [0.3, 0.4) is 0 Å². The van der Waals surface area contributed by atoms with E-state index >= 15 is 0 Å². The average molecular weight is 396 g/mol. The first-order chi connectivity index (χ1) is 14.0. The third-order valence-corrected chi connectivity index (χ3v) is 5.04. The number of aliphatic hydroxyl groups excluding tert-OH is 1. The molecule has 1 fully saturated rings. The van der Waals surface area contributed by atoms with Crippen molar-refractivity contribution >= 4 is 28.2 Å². The van der Waals surface area contributed by atoms with Gasteiger partial charge in [0.05, 0.1) is 17.8 Å². The fourth-order valence-corrected chi connectivity index (χ4v) is 3.48. The average Bonchev–Trinajstić information content (AvgIpc) is 3.21. The number of aromatic amines is 1. The van der Waals surface area contributed by atoms with Gasteiger partial charge in [0, 0.05) is 24.7 Å². The number of amides is 1. The van der Waals surface area contributed by atoms with Gasteiger partial charge in [-0.2, -0.15) is 5.10 Å². The zero-order chi connectivity index (χ0) is 20.1. The molecule has 3 heterocycles. The normalized spacial score (nSPS) is 18.7. The second-order valence-corrected chi connectivity index (χ2v) is 7.10. The number of aliphatic hydroxyl groups is 1. The molecule has 0 aliphatic heterocycles. The van der Waals surface area contributed by atoms with Crippen molar-refractivity contribution in [1.29, 1.82) is 0 Å². The number of hydrogen-bond acceptors (Lipinski definition) is 6. The second kappa shape index (κ2) is 6.52. The van der Waals surface area contributed by atoms with Crippen LogP contribution in [-0.2, 0) is 7.05 Å². The molecule has 1 amide bonds. The quantitative estimate of drug-likeness (QED) is 0.489. The standard InChI is InChI=1S/C19H17FN6O3/c1-26-14-4-9(20)2-3-12(14)16(25-26)13-7-21-18-17(24-13)15(8-22-18)29-19(28)23-10-5-11(27)6-10/h2-4,7-8,10-11,27H,5-6H2,1H3,(H,21,22)(H,23,28)/t10-,11-. The summed E-state index contributed by atoms with van der Waals surface area (Å²) in [4.78, 5) is 23.9. The Morgan fingerprint density at radius 1 is 1.41 bits per heavy atom. The summed E-state index contributed by atoms with van der Waals surface area (Å²) in [5.41, 5.74) is 2.50. The largest absolute Gasteiger partial charge is 0.412 e. The number of carbonyl (C=O) groups excluding carboxylic acids is 1. The van der Waals surface area contributed by atoms with E-state index in [1.54, 1.807) is 24.0 Å². The van der Waals surface area contributed by atoms with Crippen LogP contribution in [-0.4, -0.2) is 48.1 Å². The second-order valence-electron chi connectivity index (χ2n) is 7.10. The van der Waals surface area contributed by atoms with Crippen molar-refractivity contribution in [2.45, 2.75) is 25.0 Å². The van der Waals surface area contributed by atoms with Gasteiger partial charge in [0.2, 0.25) is 0 Å². The third-order valence-electron chi connectivity index (χ3n) is 5.04. The van der Waals surface area contributed by atoms with E-state index < -0.39 is 6.09 Å². The maximum absolute atomic E-state index is 13.6. The molecule has 0 saturated heterocycles. The number of ether oxygens (including phenoxy) is 1. The number of aryl methyl sites for hydroxylation is 1. The molecule has 0 spiro atoms. The van der Waals surface area contributed by atoms with Crippen LogP contribution in [0.1, 0.15) is 12.8 Å². The van der Waals surface area contributed by atoms with E-state index in [-0.39, 0.29) is 23.7 Å². The summed E-state index contributed by atoms with van der Waals surface area (Å²) in [5, 5.41) is 17.2.